The van der Waals surface area contributed by atoms with Gasteiger partial charge in [0.1, 0.15) is 0 Å². The van der Waals surface area contributed by atoms with Gasteiger partial charge in [-0.2, -0.15) is 0 Å². The summed E-state index contributed by atoms with van der Waals surface area (Å²) in [5.41, 5.74) is 14.8. The minimum atomic E-state index is 0.189. The van der Waals surface area contributed by atoms with Gasteiger partial charge in [-0.25, -0.2) is 15.0 Å². The van der Waals surface area contributed by atoms with Crippen LogP contribution in [0.2, 0.25) is 0 Å². The molecule has 0 bridgehead atoms. The van der Waals surface area contributed by atoms with Gasteiger partial charge in [0.25, 0.3) is 0 Å². The molecule has 0 radical (unpaired) electrons. The van der Waals surface area contributed by atoms with E-state index in [1.54, 1.807) is 0 Å². The van der Waals surface area contributed by atoms with Crippen molar-refractivity contribution >= 4 is 49.7 Å². The van der Waals surface area contributed by atoms with E-state index in [9.17, 15) is 0 Å². The molecule has 3 aliphatic rings. The standard InChI is InChI=1S/C58H37N3S/c1-2-12-39-34-52-45(32-38(39)11-1)33-43-14-8-18-48(54(43)52)42-28-26-41-31-44(29-27-40(41)30-42)57-59-56(37-24-22-36(23-25-37)47-17-7-13-35-10-3-4-15-46(35)47)60-58(61-57)51-20-9-19-50-49-16-5-6-21-53(49)62-55(50)51/h1-32,34,50,55H,33H2. The van der Waals surface area contributed by atoms with Gasteiger partial charge < -0.3 is 0 Å². The molecule has 0 N–H and O–H groups in total. The van der Waals surface area contributed by atoms with Crippen LogP contribution in [0.5, 0.6) is 0 Å². The number of nitrogens with zero attached hydrogens (tertiary/aromatic N) is 3. The van der Waals surface area contributed by atoms with E-state index in [0.29, 0.717) is 11.6 Å². The maximum absolute atomic E-state index is 5.29. The fraction of sp³-hybridized carbons (Fsp3) is 0.0517. The van der Waals surface area contributed by atoms with Crippen molar-refractivity contribution in [3.05, 3.63) is 223 Å². The summed E-state index contributed by atoms with van der Waals surface area (Å²) in [6.45, 7) is 0. The normalized spacial score (nSPS) is 16.0. The first-order valence-electron chi connectivity index (χ1n) is 21.4. The largest absolute Gasteiger partial charge is 0.208 e. The molecule has 62 heavy (non-hydrogen) atoms. The average Bonchev–Trinajstić information content (AvgIpc) is 3.91. The second kappa shape index (κ2) is 14.1. The Kier molecular flexibility index (Phi) is 8.04. The second-order valence-corrected chi connectivity index (χ2v) is 17.9. The van der Waals surface area contributed by atoms with Crippen molar-refractivity contribution in [3.8, 4) is 56.2 Å². The van der Waals surface area contributed by atoms with E-state index in [1.807, 2.05) is 11.8 Å². The predicted octanol–water partition coefficient (Wildman–Crippen LogP) is 14.8. The summed E-state index contributed by atoms with van der Waals surface area (Å²) in [6, 6.07) is 66.3. The first-order chi connectivity index (χ1) is 30.7. The molecule has 290 valence electrons. The number of benzene rings is 9. The molecule has 9 aromatic carbocycles. The summed E-state index contributed by atoms with van der Waals surface area (Å²) in [6.07, 6.45) is 7.67. The Bertz CT molecular complexity index is 3540. The number of aromatic nitrogens is 3. The van der Waals surface area contributed by atoms with Crippen LogP contribution < -0.4 is 0 Å². The molecule has 3 nitrogen and oxygen atoms in total. The van der Waals surface area contributed by atoms with Crippen LogP contribution in [-0.2, 0) is 6.42 Å². The number of allylic oxidation sites excluding steroid dienone is 3. The lowest BCUT2D eigenvalue weighted by molar-refractivity contribution is 0.878. The summed E-state index contributed by atoms with van der Waals surface area (Å²) in [7, 11) is 0. The molecular formula is C58H37N3S. The van der Waals surface area contributed by atoms with Gasteiger partial charge in [-0.3, -0.25) is 0 Å². The van der Waals surface area contributed by atoms with Crippen molar-refractivity contribution in [1.82, 2.24) is 15.0 Å². The van der Waals surface area contributed by atoms with Gasteiger partial charge in [0.05, 0.1) is 0 Å². The van der Waals surface area contributed by atoms with Gasteiger partial charge in [0, 0.05) is 32.8 Å². The molecule has 0 fully saturated rings. The maximum Gasteiger partial charge on any atom is 0.164 e. The van der Waals surface area contributed by atoms with E-state index in [1.165, 1.54) is 76.3 Å². The molecule has 2 atom stereocenters. The van der Waals surface area contributed by atoms with Crippen LogP contribution in [0, 0.1) is 0 Å². The van der Waals surface area contributed by atoms with Crippen molar-refractivity contribution in [2.45, 2.75) is 22.5 Å². The number of fused-ring (bicyclic) bond motifs is 9. The highest BCUT2D eigenvalue weighted by Crippen LogP contribution is 2.52. The van der Waals surface area contributed by atoms with Crippen LogP contribution in [0.3, 0.4) is 0 Å². The van der Waals surface area contributed by atoms with E-state index in [4.69, 9.17) is 15.0 Å². The van der Waals surface area contributed by atoms with Crippen LogP contribution >= 0.6 is 11.8 Å². The molecule has 0 saturated carbocycles. The minimum absolute atomic E-state index is 0.189. The second-order valence-electron chi connectivity index (χ2n) is 16.7. The Morgan fingerprint density at radius 1 is 0.435 bits per heavy atom. The van der Waals surface area contributed by atoms with Gasteiger partial charge in [0.15, 0.2) is 17.5 Å². The highest BCUT2D eigenvalue weighted by atomic mass is 32.2. The van der Waals surface area contributed by atoms with Crippen LogP contribution in [0.25, 0.3) is 94.0 Å². The van der Waals surface area contributed by atoms with Crippen LogP contribution in [-0.4, -0.2) is 20.2 Å². The van der Waals surface area contributed by atoms with E-state index in [-0.39, 0.29) is 11.2 Å². The zero-order valence-corrected chi connectivity index (χ0v) is 34.5. The first-order valence-corrected chi connectivity index (χ1v) is 22.2. The van der Waals surface area contributed by atoms with Crippen molar-refractivity contribution in [1.29, 1.82) is 0 Å². The number of hydrogen-bond acceptors (Lipinski definition) is 4. The lowest BCUT2D eigenvalue weighted by Gasteiger charge is -2.22. The van der Waals surface area contributed by atoms with Gasteiger partial charge >= 0.3 is 0 Å². The molecule has 2 unspecified atom stereocenters. The quantitative estimate of drug-likeness (QED) is 0.174. The zero-order chi connectivity index (χ0) is 40.7. The molecule has 13 rings (SSSR count). The number of thioether (sulfide) groups is 1. The third-order valence-corrected chi connectivity index (χ3v) is 14.5. The summed E-state index contributed by atoms with van der Waals surface area (Å²) in [5.74, 6) is 2.34. The molecule has 1 aliphatic heterocycles. The Hall–Kier alpha value is -7.40. The molecular weight excluding hydrogens is 771 g/mol. The summed E-state index contributed by atoms with van der Waals surface area (Å²) >= 11 is 1.91. The molecule has 0 saturated heterocycles. The Morgan fingerprint density at radius 3 is 1.94 bits per heavy atom. The molecule has 2 heterocycles. The van der Waals surface area contributed by atoms with Gasteiger partial charge in [-0.05, 0) is 113 Å². The van der Waals surface area contributed by atoms with E-state index >= 15 is 0 Å². The van der Waals surface area contributed by atoms with Gasteiger partial charge in [-0.1, -0.05) is 176 Å². The number of hydrogen-bond donors (Lipinski definition) is 0. The van der Waals surface area contributed by atoms with Gasteiger partial charge in [-0.15, -0.1) is 11.8 Å². The highest BCUT2D eigenvalue weighted by Gasteiger charge is 2.37. The van der Waals surface area contributed by atoms with E-state index < -0.39 is 0 Å². The molecule has 0 spiro atoms. The Labute approximate surface area is 364 Å². The SMILES string of the molecule is C1=CC2c3ccccc3SC2C(c2nc(-c3ccc(-c4cccc5ccccc45)cc3)nc(-c3ccc4cc(-c5cccc6c5-c5cc7ccccc7cc5C6)ccc4c3)n2)=C1. The smallest absolute Gasteiger partial charge is 0.164 e. The summed E-state index contributed by atoms with van der Waals surface area (Å²) in [5, 5.41) is 7.58. The average molecular weight is 808 g/mol. The van der Waals surface area contributed by atoms with E-state index in [2.05, 4.69) is 200 Å². The zero-order valence-electron chi connectivity index (χ0n) is 33.7. The predicted molar refractivity (Wildman–Crippen MR) is 258 cm³/mol. The third kappa shape index (κ3) is 5.78. The van der Waals surface area contributed by atoms with Crippen molar-refractivity contribution < 1.29 is 0 Å². The Morgan fingerprint density at radius 2 is 1.06 bits per heavy atom. The van der Waals surface area contributed by atoms with E-state index in [0.717, 1.165) is 39.9 Å². The van der Waals surface area contributed by atoms with Crippen molar-refractivity contribution in [2.24, 2.45) is 0 Å². The highest BCUT2D eigenvalue weighted by molar-refractivity contribution is 8.00. The fourth-order valence-electron chi connectivity index (χ4n) is 10.0. The summed E-state index contributed by atoms with van der Waals surface area (Å²) in [4.78, 5) is 17.1. The van der Waals surface area contributed by atoms with Gasteiger partial charge in [0.2, 0.25) is 0 Å². The van der Waals surface area contributed by atoms with Crippen LogP contribution in [0.15, 0.2) is 205 Å². The molecule has 2 aliphatic carbocycles. The minimum Gasteiger partial charge on any atom is -0.208 e. The fourth-order valence-corrected chi connectivity index (χ4v) is 11.5. The monoisotopic (exact) mass is 807 g/mol. The van der Waals surface area contributed by atoms with Crippen molar-refractivity contribution in [3.63, 3.8) is 0 Å². The summed E-state index contributed by atoms with van der Waals surface area (Å²) < 4.78 is 0. The Balaban J connectivity index is 0.899. The van der Waals surface area contributed by atoms with Crippen LogP contribution in [0.1, 0.15) is 28.4 Å². The maximum atomic E-state index is 5.29. The lowest BCUT2D eigenvalue weighted by atomic mass is 9.88. The molecule has 10 aromatic rings. The van der Waals surface area contributed by atoms with Crippen molar-refractivity contribution in [2.75, 3.05) is 0 Å². The lowest BCUT2D eigenvalue weighted by Crippen LogP contribution is -2.16. The first kappa shape index (κ1) is 35.4. The third-order valence-electron chi connectivity index (χ3n) is 13.1. The topological polar surface area (TPSA) is 38.7 Å². The molecule has 0 amide bonds. The molecule has 1 aromatic heterocycles. The van der Waals surface area contributed by atoms with Crippen LogP contribution in [0.4, 0.5) is 0 Å². The number of rotatable bonds is 5. The molecule has 4 heteroatoms.